The average Bonchev–Trinajstić information content (AvgIpc) is 2.47. The van der Waals surface area contributed by atoms with E-state index < -0.39 is 0 Å². The number of hydrogen-bond acceptors (Lipinski definition) is 3. The third kappa shape index (κ3) is 4.05. The van der Waals surface area contributed by atoms with Crippen LogP contribution in [0.25, 0.3) is 0 Å². The van der Waals surface area contributed by atoms with E-state index in [1.165, 1.54) is 5.56 Å². The van der Waals surface area contributed by atoms with E-state index in [-0.39, 0.29) is 11.3 Å². The number of carbonyl (C=O) groups is 1. The first-order valence-electron chi connectivity index (χ1n) is 7.74. The van der Waals surface area contributed by atoms with Gasteiger partial charge in [0.2, 0.25) is 0 Å². The van der Waals surface area contributed by atoms with Crippen LogP contribution in [-0.4, -0.2) is 55.0 Å². The molecule has 1 amide bonds. The van der Waals surface area contributed by atoms with Gasteiger partial charge in [0.25, 0.3) is 5.91 Å². The van der Waals surface area contributed by atoms with E-state index in [1.807, 2.05) is 17.0 Å². The van der Waals surface area contributed by atoms with Gasteiger partial charge in [-0.1, -0.05) is 32.9 Å². The number of piperazine rings is 1. The van der Waals surface area contributed by atoms with Crippen molar-refractivity contribution < 1.29 is 4.79 Å². The lowest BCUT2D eigenvalue weighted by atomic mass is 9.86. The smallest absolute Gasteiger partial charge is 0.253 e. The Morgan fingerprint density at radius 2 is 1.67 bits per heavy atom. The molecule has 116 valence electrons. The topological polar surface area (TPSA) is 49.6 Å². The molecule has 2 N–H and O–H groups in total. The summed E-state index contributed by atoms with van der Waals surface area (Å²) in [6.07, 6.45) is 0. The Morgan fingerprint density at radius 3 is 2.14 bits per heavy atom. The molecule has 4 heteroatoms. The Morgan fingerprint density at radius 1 is 1.10 bits per heavy atom. The number of nitrogens with two attached hydrogens (primary N) is 1. The molecule has 0 spiro atoms. The van der Waals surface area contributed by atoms with Crippen molar-refractivity contribution in [2.75, 3.05) is 39.3 Å². The van der Waals surface area contributed by atoms with E-state index in [4.69, 9.17) is 5.73 Å². The monoisotopic (exact) mass is 289 g/mol. The first-order chi connectivity index (χ1) is 9.91. The number of nitrogens with zero attached hydrogens (tertiary/aromatic N) is 2. The van der Waals surface area contributed by atoms with Gasteiger partial charge in [-0.05, 0) is 23.1 Å². The standard InChI is InChI=1S/C17H27N3O/c1-17(2,3)15-6-4-14(5-7-15)16(21)20-12-10-19(9-8-18)11-13-20/h4-7H,8-13,18H2,1-3H3. The number of rotatable bonds is 3. The summed E-state index contributed by atoms with van der Waals surface area (Å²) in [6, 6.07) is 8.04. The minimum absolute atomic E-state index is 0.120. The Labute approximate surface area is 127 Å². The van der Waals surface area contributed by atoms with Crippen molar-refractivity contribution in [3.05, 3.63) is 35.4 Å². The van der Waals surface area contributed by atoms with Crippen molar-refractivity contribution in [3.63, 3.8) is 0 Å². The zero-order valence-electron chi connectivity index (χ0n) is 13.4. The van der Waals surface area contributed by atoms with Gasteiger partial charge in [0.15, 0.2) is 0 Å². The maximum atomic E-state index is 12.5. The van der Waals surface area contributed by atoms with Crippen LogP contribution < -0.4 is 5.73 Å². The van der Waals surface area contributed by atoms with Crippen molar-refractivity contribution in [2.24, 2.45) is 5.73 Å². The molecular formula is C17H27N3O. The zero-order chi connectivity index (χ0) is 15.5. The first-order valence-corrected chi connectivity index (χ1v) is 7.74. The van der Waals surface area contributed by atoms with Crippen LogP contribution in [0.2, 0.25) is 0 Å². The molecule has 1 fully saturated rings. The predicted molar refractivity (Wildman–Crippen MR) is 86.5 cm³/mol. The van der Waals surface area contributed by atoms with Crippen molar-refractivity contribution in [1.29, 1.82) is 0 Å². The second-order valence-corrected chi connectivity index (χ2v) is 6.75. The molecule has 1 heterocycles. The SMILES string of the molecule is CC(C)(C)c1ccc(C(=O)N2CCN(CCN)CC2)cc1. The maximum absolute atomic E-state index is 12.5. The molecule has 4 nitrogen and oxygen atoms in total. The summed E-state index contributed by atoms with van der Waals surface area (Å²) < 4.78 is 0. The van der Waals surface area contributed by atoms with Gasteiger partial charge in [0, 0.05) is 44.8 Å². The number of carbonyl (C=O) groups excluding carboxylic acids is 1. The van der Waals surface area contributed by atoms with Crippen LogP contribution in [-0.2, 0) is 5.41 Å². The zero-order valence-corrected chi connectivity index (χ0v) is 13.4. The number of hydrogen-bond donors (Lipinski definition) is 1. The predicted octanol–water partition coefficient (Wildman–Crippen LogP) is 1.70. The van der Waals surface area contributed by atoms with Crippen LogP contribution in [0.15, 0.2) is 24.3 Å². The van der Waals surface area contributed by atoms with E-state index in [1.54, 1.807) is 0 Å². The fourth-order valence-corrected chi connectivity index (χ4v) is 2.65. The molecular weight excluding hydrogens is 262 g/mol. The highest BCUT2D eigenvalue weighted by molar-refractivity contribution is 5.94. The van der Waals surface area contributed by atoms with Crippen molar-refractivity contribution in [3.8, 4) is 0 Å². The lowest BCUT2D eigenvalue weighted by Crippen LogP contribution is -2.49. The van der Waals surface area contributed by atoms with Crippen LogP contribution >= 0.6 is 0 Å². The summed E-state index contributed by atoms with van der Waals surface area (Å²) in [5.74, 6) is 0.142. The van der Waals surface area contributed by atoms with Crippen LogP contribution in [0.5, 0.6) is 0 Å². The fraction of sp³-hybridized carbons (Fsp3) is 0.588. The third-order valence-corrected chi connectivity index (χ3v) is 4.10. The summed E-state index contributed by atoms with van der Waals surface area (Å²) in [4.78, 5) is 16.8. The van der Waals surface area contributed by atoms with Crippen molar-refractivity contribution in [1.82, 2.24) is 9.80 Å². The van der Waals surface area contributed by atoms with Gasteiger partial charge in [0.05, 0.1) is 0 Å². The van der Waals surface area contributed by atoms with E-state index in [2.05, 4.69) is 37.8 Å². The van der Waals surface area contributed by atoms with E-state index in [0.29, 0.717) is 6.54 Å². The molecule has 1 aliphatic heterocycles. The van der Waals surface area contributed by atoms with E-state index in [0.717, 1.165) is 38.3 Å². The summed E-state index contributed by atoms with van der Waals surface area (Å²) in [7, 11) is 0. The van der Waals surface area contributed by atoms with Gasteiger partial charge in [-0.15, -0.1) is 0 Å². The third-order valence-electron chi connectivity index (χ3n) is 4.10. The van der Waals surface area contributed by atoms with Crippen molar-refractivity contribution >= 4 is 5.91 Å². The largest absolute Gasteiger partial charge is 0.336 e. The molecule has 0 aromatic heterocycles. The minimum atomic E-state index is 0.120. The lowest BCUT2D eigenvalue weighted by molar-refractivity contribution is 0.0641. The van der Waals surface area contributed by atoms with Crippen LogP contribution in [0.3, 0.4) is 0 Å². The minimum Gasteiger partial charge on any atom is -0.336 e. The first kappa shape index (κ1) is 16.0. The highest BCUT2D eigenvalue weighted by Crippen LogP contribution is 2.22. The Hall–Kier alpha value is -1.39. The second kappa shape index (κ2) is 6.58. The molecule has 0 atom stereocenters. The Bertz CT molecular complexity index is 468. The van der Waals surface area contributed by atoms with Gasteiger partial charge < -0.3 is 10.6 Å². The number of benzene rings is 1. The Balaban J connectivity index is 1.98. The summed E-state index contributed by atoms with van der Waals surface area (Å²) in [5, 5.41) is 0. The molecule has 1 saturated heterocycles. The highest BCUT2D eigenvalue weighted by Gasteiger charge is 2.22. The molecule has 0 unspecified atom stereocenters. The quantitative estimate of drug-likeness (QED) is 0.921. The van der Waals surface area contributed by atoms with Crippen LogP contribution in [0.4, 0.5) is 0 Å². The van der Waals surface area contributed by atoms with Gasteiger partial charge in [-0.25, -0.2) is 0 Å². The molecule has 1 aromatic carbocycles. The summed E-state index contributed by atoms with van der Waals surface area (Å²) in [5.41, 5.74) is 7.74. The van der Waals surface area contributed by atoms with Crippen LogP contribution in [0.1, 0.15) is 36.7 Å². The number of amides is 1. The second-order valence-electron chi connectivity index (χ2n) is 6.75. The van der Waals surface area contributed by atoms with Gasteiger partial charge in [0.1, 0.15) is 0 Å². The molecule has 0 aliphatic carbocycles. The molecule has 1 aliphatic rings. The molecule has 0 saturated carbocycles. The molecule has 21 heavy (non-hydrogen) atoms. The molecule has 1 aromatic rings. The molecule has 0 radical (unpaired) electrons. The van der Waals surface area contributed by atoms with Crippen LogP contribution in [0, 0.1) is 0 Å². The van der Waals surface area contributed by atoms with Gasteiger partial charge in [-0.2, -0.15) is 0 Å². The van der Waals surface area contributed by atoms with Gasteiger partial charge in [-0.3, -0.25) is 9.69 Å². The molecule has 0 bridgehead atoms. The Kier molecular flexibility index (Phi) is 5.01. The normalized spacial score (nSPS) is 17.0. The highest BCUT2D eigenvalue weighted by atomic mass is 16.2. The fourth-order valence-electron chi connectivity index (χ4n) is 2.65. The summed E-state index contributed by atoms with van der Waals surface area (Å²) in [6.45, 7) is 11.6. The molecule has 2 rings (SSSR count). The van der Waals surface area contributed by atoms with E-state index >= 15 is 0 Å². The summed E-state index contributed by atoms with van der Waals surface area (Å²) >= 11 is 0. The average molecular weight is 289 g/mol. The maximum Gasteiger partial charge on any atom is 0.253 e. The van der Waals surface area contributed by atoms with Crippen molar-refractivity contribution in [2.45, 2.75) is 26.2 Å². The van der Waals surface area contributed by atoms with E-state index in [9.17, 15) is 4.79 Å². The lowest BCUT2D eigenvalue weighted by Gasteiger charge is -2.34. The van der Waals surface area contributed by atoms with Gasteiger partial charge >= 0.3 is 0 Å².